The van der Waals surface area contributed by atoms with E-state index in [0.29, 0.717) is 23.4 Å². The van der Waals surface area contributed by atoms with Crippen molar-refractivity contribution < 1.29 is 17.6 Å². The van der Waals surface area contributed by atoms with Crippen LogP contribution in [0.4, 0.5) is 10.1 Å². The van der Waals surface area contributed by atoms with E-state index in [0.717, 1.165) is 0 Å². The summed E-state index contributed by atoms with van der Waals surface area (Å²) in [5, 5.41) is 3.02. The summed E-state index contributed by atoms with van der Waals surface area (Å²) in [5.41, 5.74) is 0.697. The van der Waals surface area contributed by atoms with Crippen LogP contribution in [0.1, 0.15) is 31.2 Å². The fraction of sp³-hybridized carbons (Fsp3) is 0.316. The Morgan fingerprint density at radius 3 is 2.31 bits per heavy atom. The number of aryl methyl sites for hydroxylation is 1. The first-order chi connectivity index (χ1) is 12.3. The van der Waals surface area contributed by atoms with E-state index < -0.39 is 26.3 Å². The van der Waals surface area contributed by atoms with Gasteiger partial charge < -0.3 is 5.32 Å². The van der Waals surface area contributed by atoms with Crippen molar-refractivity contribution >= 4 is 33.0 Å². The zero-order valence-corrected chi connectivity index (χ0v) is 15.8. The average Bonchev–Trinajstić information content (AvgIpc) is 3.10. The van der Waals surface area contributed by atoms with Crippen LogP contribution in [0.15, 0.2) is 47.4 Å². The number of anilines is 1. The highest BCUT2D eigenvalue weighted by Gasteiger charge is 2.52. The van der Waals surface area contributed by atoms with E-state index in [1.54, 1.807) is 19.1 Å². The predicted octanol–water partition coefficient (Wildman–Crippen LogP) is 4.51. The third kappa shape index (κ3) is 3.23. The maximum absolute atomic E-state index is 13.8. The Bertz CT molecular complexity index is 936. The Morgan fingerprint density at radius 1 is 1.12 bits per heavy atom. The van der Waals surface area contributed by atoms with Gasteiger partial charge in [0.15, 0.2) is 14.6 Å². The average molecular weight is 396 g/mol. The smallest absolute Gasteiger partial charge is 0.246 e. The quantitative estimate of drug-likeness (QED) is 0.828. The van der Waals surface area contributed by atoms with Crippen molar-refractivity contribution in [3.63, 3.8) is 0 Å². The second kappa shape index (κ2) is 7.00. The van der Waals surface area contributed by atoms with Gasteiger partial charge >= 0.3 is 0 Å². The molecular weight excluding hydrogens is 377 g/mol. The van der Waals surface area contributed by atoms with Gasteiger partial charge in [-0.2, -0.15) is 0 Å². The van der Waals surface area contributed by atoms with Gasteiger partial charge in [0.2, 0.25) is 5.91 Å². The van der Waals surface area contributed by atoms with E-state index in [9.17, 15) is 17.6 Å². The molecule has 2 aromatic carbocycles. The minimum absolute atomic E-state index is 0.0639. The molecule has 1 N–H and O–H groups in total. The van der Waals surface area contributed by atoms with Gasteiger partial charge in [-0.25, -0.2) is 12.8 Å². The molecule has 4 nitrogen and oxygen atoms in total. The lowest BCUT2D eigenvalue weighted by Gasteiger charge is -2.27. The number of amides is 1. The molecule has 1 amide bonds. The van der Waals surface area contributed by atoms with Crippen LogP contribution in [0, 0.1) is 12.7 Å². The van der Waals surface area contributed by atoms with Crippen LogP contribution in [0.5, 0.6) is 0 Å². The number of sulfone groups is 1. The van der Waals surface area contributed by atoms with Crippen molar-refractivity contribution in [1.82, 2.24) is 0 Å². The molecule has 0 bridgehead atoms. The maximum Gasteiger partial charge on any atom is 0.246 e. The predicted molar refractivity (Wildman–Crippen MR) is 99.6 cm³/mol. The normalized spacial score (nSPS) is 16.4. The summed E-state index contributed by atoms with van der Waals surface area (Å²) in [5.74, 6) is -1.07. The molecule has 1 fully saturated rings. The van der Waals surface area contributed by atoms with Crippen molar-refractivity contribution in [1.29, 1.82) is 0 Å². The molecular formula is C19H19ClFNO3S. The van der Waals surface area contributed by atoms with Crippen LogP contribution in [-0.2, 0) is 14.6 Å². The zero-order chi connectivity index (χ0) is 18.9. The number of benzene rings is 2. The largest absolute Gasteiger partial charge is 0.325 e. The number of carbonyl (C=O) groups is 1. The van der Waals surface area contributed by atoms with Gasteiger partial charge in [-0.05, 0) is 61.7 Å². The second-order valence-electron chi connectivity index (χ2n) is 6.58. The van der Waals surface area contributed by atoms with E-state index in [2.05, 4.69) is 5.32 Å². The minimum atomic E-state index is -3.92. The number of hydrogen-bond donors (Lipinski definition) is 1. The number of nitrogens with one attached hydrogen (secondary N) is 1. The molecule has 3 rings (SSSR count). The Kier molecular flexibility index (Phi) is 5.08. The van der Waals surface area contributed by atoms with Crippen molar-refractivity contribution in [2.45, 2.75) is 42.2 Å². The highest BCUT2D eigenvalue weighted by Crippen LogP contribution is 2.41. The van der Waals surface area contributed by atoms with Crippen LogP contribution < -0.4 is 5.32 Å². The van der Waals surface area contributed by atoms with Crippen molar-refractivity contribution in [2.24, 2.45) is 0 Å². The molecule has 0 radical (unpaired) electrons. The fourth-order valence-corrected chi connectivity index (χ4v) is 5.51. The van der Waals surface area contributed by atoms with Gasteiger partial charge in [-0.1, -0.05) is 30.5 Å². The van der Waals surface area contributed by atoms with Crippen molar-refractivity contribution in [3.8, 4) is 0 Å². The molecule has 26 heavy (non-hydrogen) atoms. The third-order valence-corrected chi connectivity index (χ3v) is 7.66. The lowest BCUT2D eigenvalue weighted by Crippen LogP contribution is -2.47. The van der Waals surface area contributed by atoms with Gasteiger partial charge in [-0.15, -0.1) is 0 Å². The molecule has 0 spiro atoms. The SMILES string of the molecule is Cc1ccc(NC(=O)C2(S(=O)(=O)c3ccc(Cl)cc3)CCCC2)cc1F. The summed E-state index contributed by atoms with van der Waals surface area (Å²) >= 11 is 5.84. The number of rotatable bonds is 4. The van der Waals surface area contributed by atoms with Crippen molar-refractivity contribution in [2.75, 3.05) is 5.32 Å². The van der Waals surface area contributed by atoms with E-state index in [4.69, 9.17) is 11.6 Å². The van der Waals surface area contributed by atoms with Crippen LogP contribution in [0.3, 0.4) is 0 Å². The van der Waals surface area contributed by atoms with Crippen LogP contribution in [0.2, 0.25) is 5.02 Å². The lowest BCUT2D eigenvalue weighted by atomic mass is 10.1. The van der Waals surface area contributed by atoms with Gasteiger partial charge in [0.05, 0.1) is 4.90 Å². The summed E-state index contributed by atoms with van der Waals surface area (Å²) in [6.45, 7) is 1.62. The Hall–Kier alpha value is -1.92. The van der Waals surface area contributed by atoms with Crippen molar-refractivity contribution in [3.05, 3.63) is 58.9 Å². The number of halogens is 2. The van der Waals surface area contributed by atoms with Crippen LogP contribution in [0.25, 0.3) is 0 Å². The molecule has 0 heterocycles. The highest BCUT2D eigenvalue weighted by atomic mass is 35.5. The summed E-state index contributed by atoms with van der Waals surface area (Å²) in [4.78, 5) is 13.0. The molecule has 2 aromatic rings. The Labute approximate surface area is 157 Å². The molecule has 1 aliphatic carbocycles. The van der Waals surface area contributed by atoms with Crippen LogP contribution in [-0.4, -0.2) is 19.1 Å². The maximum atomic E-state index is 13.8. The molecule has 0 aliphatic heterocycles. The van der Waals surface area contributed by atoms with E-state index in [1.807, 2.05) is 0 Å². The van der Waals surface area contributed by atoms with Crippen LogP contribution >= 0.6 is 11.6 Å². The molecule has 0 unspecified atom stereocenters. The molecule has 138 valence electrons. The zero-order valence-electron chi connectivity index (χ0n) is 14.3. The molecule has 0 saturated heterocycles. The monoisotopic (exact) mass is 395 g/mol. The fourth-order valence-electron chi connectivity index (χ4n) is 3.32. The standard InChI is InChI=1S/C19H19ClFNO3S/c1-13-4-7-15(12-17(13)21)22-18(23)19(10-2-3-11-19)26(24,25)16-8-5-14(20)6-9-16/h4-9,12H,2-3,10-11H2,1H3,(H,22,23). The van der Waals surface area contributed by atoms with Gasteiger partial charge in [0.25, 0.3) is 0 Å². The third-order valence-electron chi connectivity index (χ3n) is 4.89. The first-order valence-corrected chi connectivity index (χ1v) is 10.2. The Balaban J connectivity index is 1.97. The molecule has 1 aliphatic rings. The second-order valence-corrected chi connectivity index (χ2v) is 9.27. The summed E-state index contributed by atoms with van der Waals surface area (Å²) in [6.07, 6.45) is 1.75. The minimum Gasteiger partial charge on any atom is -0.325 e. The first kappa shape index (κ1) is 18.9. The number of hydrogen-bond acceptors (Lipinski definition) is 3. The molecule has 0 aromatic heterocycles. The van der Waals surface area contributed by atoms with Gasteiger partial charge in [-0.3, -0.25) is 4.79 Å². The first-order valence-electron chi connectivity index (χ1n) is 8.34. The Morgan fingerprint density at radius 2 is 1.73 bits per heavy atom. The molecule has 1 saturated carbocycles. The summed E-state index contributed by atoms with van der Waals surface area (Å²) in [7, 11) is -3.92. The number of carbonyl (C=O) groups excluding carboxylic acids is 1. The van der Waals surface area contributed by atoms with Gasteiger partial charge in [0.1, 0.15) is 5.82 Å². The van der Waals surface area contributed by atoms with E-state index in [-0.39, 0.29) is 23.4 Å². The summed E-state index contributed by atoms with van der Waals surface area (Å²) < 4.78 is 38.7. The van der Waals surface area contributed by atoms with Gasteiger partial charge in [0, 0.05) is 10.7 Å². The topological polar surface area (TPSA) is 63.2 Å². The van der Waals surface area contributed by atoms with E-state index >= 15 is 0 Å². The molecule has 0 atom stereocenters. The van der Waals surface area contributed by atoms with E-state index in [1.165, 1.54) is 30.3 Å². The summed E-state index contributed by atoms with van der Waals surface area (Å²) in [6, 6.07) is 10.1. The highest BCUT2D eigenvalue weighted by molar-refractivity contribution is 7.93. The molecule has 7 heteroatoms. The lowest BCUT2D eigenvalue weighted by molar-refractivity contribution is -0.118.